The van der Waals surface area contributed by atoms with Crippen LogP contribution in [-0.2, 0) is 11.2 Å². The van der Waals surface area contributed by atoms with Gasteiger partial charge in [-0.2, -0.15) is 0 Å². The first-order valence-electron chi connectivity index (χ1n) is 11.5. The van der Waals surface area contributed by atoms with E-state index in [-0.39, 0.29) is 36.5 Å². The highest BCUT2D eigenvalue weighted by atomic mass is 127. The van der Waals surface area contributed by atoms with Crippen LogP contribution < -0.4 is 10.6 Å². The molecule has 3 N–H and O–H groups in total. The molecule has 1 aliphatic rings. The van der Waals surface area contributed by atoms with Gasteiger partial charge in [0, 0.05) is 51.7 Å². The van der Waals surface area contributed by atoms with Gasteiger partial charge in [0.1, 0.15) is 0 Å². The van der Waals surface area contributed by atoms with Crippen molar-refractivity contribution in [1.29, 1.82) is 0 Å². The number of carbonyl (C=O) groups excluding carboxylic acids is 1. The molecule has 1 saturated heterocycles. The summed E-state index contributed by atoms with van der Waals surface area (Å²) in [5.74, 6) is 2.35. The SMILES string of the molecule is CCNC(=NCC(CCO)CC(C)C)NCC1CC(=O)N(CCc2ccccc2)C1.I. The summed E-state index contributed by atoms with van der Waals surface area (Å²) in [6, 6.07) is 10.3. The number of benzene rings is 1. The van der Waals surface area contributed by atoms with Crippen molar-refractivity contribution in [3.05, 3.63) is 35.9 Å². The number of hydrogen-bond acceptors (Lipinski definition) is 3. The lowest BCUT2D eigenvalue weighted by Gasteiger charge is -2.19. The van der Waals surface area contributed by atoms with Gasteiger partial charge in [-0.1, -0.05) is 44.2 Å². The Morgan fingerprint density at radius 2 is 2.00 bits per heavy atom. The molecule has 31 heavy (non-hydrogen) atoms. The smallest absolute Gasteiger partial charge is 0.223 e. The molecule has 1 aromatic carbocycles. The van der Waals surface area contributed by atoms with Crippen molar-refractivity contribution >= 4 is 35.8 Å². The van der Waals surface area contributed by atoms with Crippen molar-refractivity contribution in [2.24, 2.45) is 22.7 Å². The summed E-state index contributed by atoms with van der Waals surface area (Å²) in [4.78, 5) is 19.1. The molecule has 0 aliphatic carbocycles. The molecule has 7 heteroatoms. The molecule has 0 bridgehead atoms. The van der Waals surface area contributed by atoms with Crippen LogP contribution in [0, 0.1) is 17.8 Å². The topological polar surface area (TPSA) is 77.0 Å². The number of nitrogens with one attached hydrogen (secondary N) is 2. The average Bonchev–Trinajstić information content (AvgIpc) is 3.08. The Hall–Kier alpha value is -1.35. The zero-order chi connectivity index (χ0) is 21.8. The second-order valence-electron chi connectivity index (χ2n) is 8.75. The van der Waals surface area contributed by atoms with E-state index in [2.05, 4.69) is 43.5 Å². The van der Waals surface area contributed by atoms with Crippen LogP contribution in [0.25, 0.3) is 0 Å². The fourth-order valence-electron chi connectivity index (χ4n) is 4.05. The number of rotatable bonds is 12. The number of hydrogen-bond donors (Lipinski definition) is 3. The number of halogens is 1. The summed E-state index contributed by atoms with van der Waals surface area (Å²) < 4.78 is 0. The summed E-state index contributed by atoms with van der Waals surface area (Å²) in [5.41, 5.74) is 1.27. The highest BCUT2D eigenvalue weighted by Crippen LogP contribution is 2.18. The van der Waals surface area contributed by atoms with Crippen LogP contribution >= 0.6 is 24.0 Å². The number of amides is 1. The summed E-state index contributed by atoms with van der Waals surface area (Å²) in [7, 11) is 0. The largest absolute Gasteiger partial charge is 0.396 e. The van der Waals surface area contributed by atoms with Crippen LogP contribution in [0.15, 0.2) is 35.3 Å². The maximum Gasteiger partial charge on any atom is 0.223 e. The van der Waals surface area contributed by atoms with Crippen molar-refractivity contribution in [2.45, 2.75) is 46.5 Å². The van der Waals surface area contributed by atoms with E-state index in [0.29, 0.717) is 30.7 Å². The fraction of sp³-hybridized carbons (Fsp3) is 0.667. The summed E-state index contributed by atoms with van der Waals surface area (Å²) in [6.45, 7) is 10.5. The van der Waals surface area contributed by atoms with Gasteiger partial charge in [0.2, 0.25) is 5.91 Å². The molecular weight excluding hydrogens is 503 g/mol. The predicted molar refractivity (Wildman–Crippen MR) is 139 cm³/mol. The monoisotopic (exact) mass is 544 g/mol. The van der Waals surface area contributed by atoms with Gasteiger partial charge in [-0.25, -0.2) is 0 Å². The molecule has 1 fully saturated rings. The minimum atomic E-state index is 0. The van der Waals surface area contributed by atoms with E-state index in [1.54, 1.807) is 0 Å². The van der Waals surface area contributed by atoms with Gasteiger partial charge < -0.3 is 20.6 Å². The molecule has 2 unspecified atom stereocenters. The lowest BCUT2D eigenvalue weighted by Crippen LogP contribution is -2.40. The normalized spacial score (nSPS) is 17.6. The van der Waals surface area contributed by atoms with Crippen LogP contribution in [0.3, 0.4) is 0 Å². The molecule has 176 valence electrons. The Morgan fingerprint density at radius 3 is 2.65 bits per heavy atom. The zero-order valence-electron chi connectivity index (χ0n) is 19.3. The van der Waals surface area contributed by atoms with Crippen molar-refractivity contribution in [1.82, 2.24) is 15.5 Å². The standard InChI is InChI=1S/C24H40N4O2.HI/c1-4-25-24(26-16-21(11-13-29)14-19(2)3)27-17-22-15-23(30)28(18-22)12-10-20-8-6-5-7-9-20;/h5-9,19,21-22,29H,4,10-18H2,1-3H3,(H2,25,26,27);1H. The molecule has 0 saturated carbocycles. The van der Waals surface area contributed by atoms with Gasteiger partial charge in [0.25, 0.3) is 0 Å². The van der Waals surface area contributed by atoms with E-state index in [9.17, 15) is 9.90 Å². The van der Waals surface area contributed by atoms with Gasteiger partial charge in [-0.3, -0.25) is 9.79 Å². The highest BCUT2D eigenvalue weighted by molar-refractivity contribution is 14.0. The van der Waals surface area contributed by atoms with E-state index < -0.39 is 0 Å². The maximum absolute atomic E-state index is 12.4. The lowest BCUT2D eigenvalue weighted by atomic mass is 9.94. The van der Waals surface area contributed by atoms with E-state index >= 15 is 0 Å². The predicted octanol–water partition coefficient (Wildman–Crippen LogP) is 3.30. The summed E-state index contributed by atoms with van der Waals surface area (Å²) >= 11 is 0. The summed E-state index contributed by atoms with van der Waals surface area (Å²) in [5, 5.41) is 16.0. The maximum atomic E-state index is 12.4. The van der Waals surface area contributed by atoms with Crippen LogP contribution in [-0.4, -0.2) is 61.2 Å². The molecule has 0 spiro atoms. The first-order valence-corrected chi connectivity index (χ1v) is 11.5. The third-order valence-electron chi connectivity index (χ3n) is 5.56. The van der Waals surface area contributed by atoms with E-state index in [0.717, 1.165) is 51.4 Å². The molecule has 1 aliphatic heterocycles. The Balaban J connectivity index is 0.00000480. The first kappa shape index (κ1) is 27.7. The van der Waals surface area contributed by atoms with E-state index in [4.69, 9.17) is 4.99 Å². The molecule has 0 radical (unpaired) electrons. The molecular formula is C24H41IN4O2. The number of likely N-dealkylation sites (tertiary alicyclic amines) is 1. The van der Waals surface area contributed by atoms with E-state index in [1.807, 2.05) is 23.1 Å². The first-order chi connectivity index (χ1) is 14.5. The van der Waals surface area contributed by atoms with Crippen molar-refractivity contribution in [3.63, 3.8) is 0 Å². The fourth-order valence-corrected chi connectivity index (χ4v) is 4.05. The number of aliphatic hydroxyl groups excluding tert-OH is 1. The Bertz CT molecular complexity index is 654. The van der Waals surface area contributed by atoms with Crippen molar-refractivity contribution < 1.29 is 9.90 Å². The summed E-state index contributed by atoms with van der Waals surface area (Å²) in [6.07, 6.45) is 3.35. The number of nitrogens with zero attached hydrogens (tertiary/aromatic N) is 2. The zero-order valence-corrected chi connectivity index (χ0v) is 21.7. The van der Waals surface area contributed by atoms with Gasteiger partial charge in [0.15, 0.2) is 5.96 Å². The lowest BCUT2D eigenvalue weighted by molar-refractivity contribution is -0.127. The number of aliphatic hydroxyl groups is 1. The molecule has 1 amide bonds. The highest BCUT2D eigenvalue weighted by Gasteiger charge is 2.29. The number of aliphatic imine (C=N–C) groups is 1. The molecule has 6 nitrogen and oxygen atoms in total. The van der Waals surface area contributed by atoms with Gasteiger partial charge >= 0.3 is 0 Å². The quantitative estimate of drug-likeness (QED) is 0.215. The third-order valence-corrected chi connectivity index (χ3v) is 5.56. The van der Waals surface area contributed by atoms with Crippen molar-refractivity contribution in [2.75, 3.05) is 39.3 Å². The van der Waals surface area contributed by atoms with Gasteiger partial charge in [0.05, 0.1) is 0 Å². The van der Waals surface area contributed by atoms with Crippen LogP contribution in [0.5, 0.6) is 0 Å². The van der Waals surface area contributed by atoms with Crippen LogP contribution in [0.1, 0.15) is 45.6 Å². The number of carbonyl (C=O) groups is 1. The Kier molecular flexibility index (Phi) is 13.8. The average molecular weight is 545 g/mol. The van der Waals surface area contributed by atoms with Crippen LogP contribution in [0.2, 0.25) is 0 Å². The minimum absolute atomic E-state index is 0. The van der Waals surface area contributed by atoms with Gasteiger partial charge in [-0.15, -0.1) is 24.0 Å². The van der Waals surface area contributed by atoms with Gasteiger partial charge in [-0.05, 0) is 43.6 Å². The molecule has 1 heterocycles. The van der Waals surface area contributed by atoms with Crippen LogP contribution in [0.4, 0.5) is 0 Å². The molecule has 0 aromatic heterocycles. The molecule has 2 atom stereocenters. The Morgan fingerprint density at radius 1 is 1.26 bits per heavy atom. The molecule has 2 rings (SSSR count). The minimum Gasteiger partial charge on any atom is -0.396 e. The second kappa shape index (κ2) is 15.5. The Labute approximate surface area is 205 Å². The number of guanidine groups is 1. The van der Waals surface area contributed by atoms with Crippen molar-refractivity contribution in [3.8, 4) is 0 Å². The molecule has 1 aromatic rings. The second-order valence-corrected chi connectivity index (χ2v) is 8.75. The third kappa shape index (κ3) is 10.7. The van der Waals surface area contributed by atoms with E-state index in [1.165, 1.54) is 5.56 Å².